The number of hydrogen-bond donors (Lipinski definition) is 0. The minimum absolute atomic E-state index is 0.126. The number of hydrogen-bond acceptors (Lipinski definition) is 3. The molecule has 0 amide bonds. The number of ketones is 1. The summed E-state index contributed by atoms with van der Waals surface area (Å²) in [5.74, 6) is 0.126. The van der Waals surface area contributed by atoms with Crippen LogP contribution in [0.2, 0.25) is 0 Å². The summed E-state index contributed by atoms with van der Waals surface area (Å²) in [5, 5.41) is 0. The molecule has 0 unspecified atom stereocenters. The van der Waals surface area contributed by atoms with Crippen molar-refractivity contribution in [3.05, 3.63) is 66.9 Å². The van der Waals surface area contributed by atoms with Gasteiger partial charge >= 0.3 is 0 Å². The normalized spacial score (nSPS) is 10.5. The summed E-state index contributed by atoms with van der Waals surface area (Å²) in [5.41, 5.74) is 3.32. The summed E-state index contributed by atoms with van der Waals surface area (Å²) in [7, 11) is 0. The Balaban J connectivity index is 2.03. The molecule has 0 saturated carbocycles. The van der Waals surface area contributed by atoms with Gasteiger partial charge in [-0.05, 0) is 12.1 Å². The molecule has 0 atom stereocenters. The maximum Gasteiger partial charge on any atom is 0.163 e. The van der Waals surface area contributed by atoms with Crippen molar-refractivity contribution in [1.29, 1.82) is 0 Å². The molecule has 0 fully saturated rings. The first kappa shape index (κ1) is 13.2. The van der Waals surface area contributed by atoms with Crippen LogP contribution in [-0.2, 0) is 0 Å². The maximum atomic E-state index is 12.0. The Hall–Kier alpha value is -2.75. The first-order valence-corrected chi connectivity index (χ1v) is 6.86. The molecule has 0 aliphatic rings. The molecule has 21 heavy (non-hydrogen) atoms. The molecule has 0 spiro atoms. The Labute approximate surface area is 123 Å². The third-order valence-corrected chi connectivity index (χ3v) is 3.35. The van der Waals surface area contributed by atoms with Crippen molar-refractivity contribution in [2.75, 3.05) is 0 Å². The summed E-state index contributed by atoms with van der Waals surface area (Å²) in [6, 6.07) is 11.4. The highest BCUT2D eigenvalue weighted by Gasteiger charge is 2.12. The van der Waals surface area contributed by atoms with E-state index < -0.39 is 0 Å². The Morgan fingerprint density at radius 3 is 2.81 bits per heavy atom. The van der Waals surface area contributed by atoms with E-state index in [1.165, 1.54) is 0 Å². The molecule has 0 aliphatic heterocycles. The summed E-state index contributed by atoms with van der Waals surface area (Å²) < 4.78 is 1.90. The molecule has 3 aromatic rings. The molecule has 4 heteroatoms. The molecule has 0 bridgehead atoms. The third-order valence-electron chi connectivity index (χ3n) is 3.35. The molecule has 0 N–H and O–H groups in total. The molecule has 0 aliphatic carbocycles. The number of aromatic nitrogens is 3. The van der Waals surface area contributed by atoms with E-state index in [1.54, 1.807) is 18.7 Å². The first-order chi connectivity index (χ1) is 10.3. The van der Waals surface area contributed by atoms with Crippen LogP contribution < -0.4 is 0 Å². The van der Waals surface area contributed by atoms with Crippen LogP contribution in [0, 0.1) is 0 Å². The lowest BCUT2D eigenvalue weighted by Crippen LogP contribution is -1.99. The maximum absolute atomic E-state index is 12.0. The highest BCUT2D eigenvalue weighted by atomic mass is 16.1. The van der Waals surface area contributed by atoms with Crippen molar-refractivity contribution >= 4 is 5.78 Å². The van der Waals surface area contributed by atoms with Crippen molar-refractivity contribution < 1.29 is 4.79 Å². The predicted octanol–water partition coefficient (Wildman–Crippen LogP) is 3.53. The summed E-state index contributed by atoms with van der Waals surface area (Å²) in [6.07, 6.45) is 7.64. The van der Waals surface area contributed by atoms with Crippen LogP contribution >= 0.6 is 0 Å². The number of imidazole rings is 1. The fourth-order valence-corrected chi connectivity index (χ4v) is 2.25. The molecule has 3 rings (SSSR count). The number of rotatable bonds is 4. The van der Waals surface area contributed by atoms with Gasteiger partial charge in [0.1, 0.15) is 0 Å². The van der Waals surface area contributed by atoms with Crippen molar-refractivity contribution in [3.63, 3.8) is 0 Å². The van der Waals surface area contributed by atoms with Crippen molar-refractivity contribution in [3.8, 4) is 16.9 Å². The minimum atomic E-state index is 0.126. The van der Waals surface area contributed by atoms with Crippen LogP contribution in [0.25, 0.3) is 16.9 Å². The Kier molecular flexibility index (Phi) is 3.60. The zero-order valence-corrected chi connectivity index (χ0v) is 11.7. The van der Waals surface area contributed by atoms with Gasteiger partial charge in [-0.1, -0.05) is 31.2 Å². The van der Waals surface area contributed by atoms with Crippen LogP contribution in [-0.4, -0.2) is 20.3 Å². The Morgan fingerprint density at radius 1 is 1.19 bits per heavy atom. The summed E-state index contributed by atoms with van der Waals surface area (Å²) >= 11 is 0. The highest BCUT2D eigenvalue weighted by molar-refractivity contribution is 6.01. The van der Waals surface area contributed by atoms with Gasteiger partial charge in [-0.15, -0.1) is 0 Å². The third kappa shape index (κ3) is 2.60. The van der Waals surface area contributed by atoms with Crippen LogP contribution in [0.5, 0.6) is 0 Å². The second-order valence-electron chi connectivity index (χ2n) is 4.70. The molecule has 0 radical (unpaired) electrons. The number of carbonyl (C=O) groups excluding carboxylic acids is 1. The van der Waals surface area contributed by atoms with Crippen molar-refractivity contribution in [2.24, 2.45) is 0 Å². The molecule has 2 aromatic heterocycles. The molecule has 104 valence electrons. The fourth-order valence-electron chi connectivity index (χ4n) is 2.25. The van der Waals surface area contributed by atoms with E-state index >= 15 is 0 Å². The monoisotopic (exact) mass is 277 g/mol. The standard InChI is InChI=1S/C17H15N3O/c1-2-17(21)15-8-4-3-7-14(15)16-11-20(12-19-16)13-6-5-9-18-10-13/h3-12H,2H2,1H3. The smallest absolute Gasteiger partial charge is 0.163 e. The first-order valence-electron chi connectivity index (χ1n) is 6.86. The van der Waals surface area contributed by atoms with Crippen molar-refractivity contribution in [2.45, 2.75) is 13.3 Å². The van der Waals surface area contributed by atoms with E-state index in [4.69, 9.17) is 0 Å². The quantitative estimate of drug-likeness (QED) is 0.685. The summed E-state index contributed by atoms with van der Waals surface area (Å²) in [4.78, 5) is 20.6. The van der Waals surface area contributed by atoms with E-state index in [0.717, 1.165) is 22.5 Å². The average Bonchev–Trinajstić information content (AvgIpc) is 3.05. The number of nitrogens with zero attached hydrogens (tertiary/aromatic N) is 3. The molecular weight excluding hydrogens is 262 g/mol. The average molecular weight is 277 g/mol. The minimum Gasteiger partial charge on any atom is -0.304 e. The lowest BCUT2D eigenvalue weighted by atomic mass is 10.0. The van der Waals surface area contributed by atoms with Gasteiger partial charge < -0.3 is 4.57 Å². The van der Waals surface area contributed by atoms with Gasteiger partial charge in [0.25, 0.3) is 0 Å². The zero-order valence-electron chi connectivity index (χ0n) is 11.7. The SMILES string of the molecule is CCC(=O)c1ccccc1-c1cn(-c2cccnc2)cn1. The van der Waals surface area contributed by atoms with E-state index in [-0.39, 0.29) is 5.78 Å². The van der Waals surface area contributed by atoms with E-state index in [9.17, 15) is 4.79 Å². The molecule has 1 aromatic carbocycles. The lowest BCUT2D eigenvalue weighted by molar-refractivity contribution is 0.0989. The van der Waals surface area contributed by atoms with Crippen molar-refractivity contribution in [1.82, 2.24) is 14.5 Å². The predicted molar refractivity (Wildman–Crippen MR) is 81.4 cm³/mol. The van der Waals surface area contributed by atoms with Gasteiger partial charge in [-0.3, -0.25) is 9.78 Å². The van der Waals surface area contributed by atoms with E-state index in [1.807, 2.05) is 54.1 Å². The Morgan fingerprint density at radius 2 is 2.05 bits per heavy atom. The van der Waals surface area contributed by atoms with Gasteiger partial charge in [-0.25, -0.2) is 4.98 Å². The largest absolute Gasteiger partial charge is 0.304 e. The highest BCUT2D eigenvalue weighted by Crippen LogP contribution is 2.24. The van der Waals surface area contributed by atoms with Gasteiger partial charge in [0.2, 0.25) is 0 Å². The van der Waals surface area contributed by atoms with Crippen LogP contribution in [0.3, 0.4) is 0 Å². The van der Waals surface area contributed by atoms with Crippen LogP contribution in [0.1, 0.15) is 23.7 Å². The second kappa shape index (κ2) is 5.71. The van der Waals surface area contributed by atoms with Gasteiger partial charge in [-0.2, -0.15) is 0 Å². The lowest BCUT2D eigenvalue weighted by Gasteiger charge is -2.05. The number of carbonyl (C=O) groups is 1. The fraction of sp³-hybridized carbons (Fsp3) is 0.118. The molecule has 0 saturated heterocycles. The van der Waals surface area contributed by atoms with Crippen LogP contribution in [0.4, 0.5) is 0 Å². The van der Waals surface area contributed by atoms with Gasteiger partial charge in [0.15, 0.2) is 5.78 Å². The topological polar surface area (TPSA) is 47.8 Å². The number of pyridine rings is 1. The molecule has 2 heterocycles. The molecule has 4 nitrogen and oxygen atoms in total. The van der Waals surface area contributed by atoms with Gasteiger partial charge in [0.05, 0.1) is 23.9 Å². The Bertz CT molecular complexity index is 762. The summed E-state index contributed by atoms with van der Waals surface area (Å²) in [6.45, 7) is 1.87. The van der Waals surface area contributed by atoms with E-state index in [0.29, 0.717) is 6.42 Å². The number of benzene rings is 1. The van der Waals surface area contributed by atoms with E-state index in [2.05, 4.69) is 9.97 Å². The number of Topliss-reactive ketones (excluding diaryl/α,β-unsaturated/α-hetero) is 1. The molecular formula is C17H15N3O. The zero-order chi connectivity index (χ0) is 14.7. The second-order valence-corrected chi connectivity index (χ2v) is 4.70. The van der Waals surface area contributed by atoms with Gasteiger partial charge in [0, 0.05) is 29.9 Å². The van der Waals surface area contributed by atoms with Crippen LogP contribution in [0.15, 0.2) is 61.3 Å².